The first-order valence-electron chi connectivity index (χ1n) is 8.55. The van der Waals surface area contributed by atoms with Crippen molar-refractivity contribution in [3.8, 4) is 11.3 Å². The van der Waals surface area contributed by atoms with E-state index in [-0.39, 0.29) is 24.4 Å². The highest BCUT2D eigenvalue weighted by atomic mass is 19.1. The van der Waals surface area contributed by atoms with Crippen LogP contribution in [0.2, 0.25) is 0 Å². The van der Waals surface area contributed by atoms with E-state index in [9.17, 15) is 23.1 Å². The molecule has 1 aromatic heterocycles. The van der Waals surface area contributed by atoms with Gasteiger partial charge < -0.3 is 15.4 Å². The summed E-state index contributed by atoms with van der Waals surface area (Å²) >= 11 is 0. The van der Waals surface area contributed by atoms with Gasteiger partial charge in [-0.2, -0.15) is 0 Å². The number of aromatic nitrogens is 1. The minimum atomic E-state index is -0.754. The van der Waals surface area contributed by atoms with E-state index < -0.39 is 23.6 Å². The molecule has 3 N–H and O–H groups in total. The van der Waals surface area contributed by atoms with Gasteiger partial charge in [-0.3, -0.25) is 4.79 Å². The molecule has 7 heteroatoms. The van der Waals surface area contributed by atoms with Gasteiger partial charge in [0, 0.05) is 23.7 Å². The molecular weight excluding hydrogens is 357 g/mol. The predicted molar refractivity (Wildman–Crippen MR) is 96.6 cm³/mol. The van der Waals surface area contributed by atoms with Crippen molar-refractivity contribution in [3.63, 3.8) is 0 Å². The second kappa shape index (κ2) is 7.84. The molecule has 0 aliphatic carbocycles. The summed E-state index contributed by atoms with van der Waals surface area (Å²) in [5.74, 6) is -2.15. The maximum Gasteiger partial charge on any atom is 0.222 e. The number of hydrogen-bond donors (Lipinski definition) is 3. The lowest BCUT2D eigenvalue weighted by molar-refractivity contribution is -0.122. The zero-order valence-corrected chi connectivity index (χ0v) is 14.7. The number of fused-ring (bicyclic) bond motifs is 1. The molecule has 0 aliphatic heterocycles. The smallest absolute Gasteiger partial charge is 0.222 e. The summed E-state index contributed by atoms with van der Waals surface area (Å²) in [6.45, 7) is 1.74. The van der Waals surface area contributed by atoms with Gasteiger partial charge in [-0.1, -0.05) is 0 Å². The monoisotopic (exact) mass is 376 g/mol. The van der Waals surface area contributed by atoms with Crippen molar-refractivity contribution < 1.29 is 23.1 Å². The molecule has 2 aromatic carbocycles. The van der Waals surface area contributed by atoms with E-state index in [1.54, 1.807) is 12.1 Å². The number of amides is 1. The van der Waals surface area contributed by atoms with Crippen LogP contribution in [-0.2, 0) is 11.2 Å². The largest absolute Gasteiger partial charge is 0.393 e. The number of H-pyrrole nitrogens is 1. The maximum atomic E-state index is 14.2. The number of hydrogen-bond acceptors (Lipinski definition) is 2. The molecule has 1 amide bonds. The molecule has 1 heterocycles. The van der Waals surface area contributed by atoms with Crippen molar-refractivity contribution in [2.75, 3.05) is 6.54 Å². The molecule has 142 valence electrons. The van der Waals surface area contributed by atoms with Crippen LogP contribution in [0.3, 0.4) is 0 Å². The summed E-state index contributed by atoms with van der Waals surface area (Å²) in [5.41, 5.74) is 1.94. The third-order valence-electron chi connectivity index (χ3n) is 4.24. The summed E-state index contributed by atoms with van der Waals surface area (Å²) < 4.78 is 41.2. The van der Waals surface area contributed by atoms with E-state index >= 15 is 0 Å². The first kappa shape index (κ1) is 19.0. The molecule has 0 spiro atoms. The zero-order chi connectivity index (χ0) is 19.6. The van der Waals surface area contributed by atoms with Crippen LogP contribution in [0.15, 0.2) is 36.4 Å². The van der Waals surface area contributed by atoms with Gasteiger partial charge >= 0.3 is 0 Å². The first-order valence-corrected chi connectivity index (χ1v) is 8.55. The van der Waals surface area contributed by atoms with Gasteiger partial charge in [-0.15, -0.1) is 0 Å². The summed E-state index contributed by atoms with van der Waals surface area (Å²) in [7, 11) is 0. The van der Waals surface area contributed by atoms with Gasteiger partial charge in [0.2, 0.25) is 5.91 Å². The van der Waals surface area contributed by atoms with E-state index in [4.69, 9.17) is 0 Å². The number of nitrogens with one attached hydrogen (secondary N) is 2. The topological polar surface area (TPSA) is 65.1 Å². The molecule has 3 rings (SSSR count). The first-order chi connectivity index (χ1) is 12.8. The Morgan fingerprint density at radius 1 is 1.15 bits per heavy atom. The Labute approximate surface area is 154 Å². The Morgan fingerprint density at radius 2 is 1.85 bits per heavy atom. The molecule has 0 unspecified atom stereocenters. The van der Waals surface area contributed by atoms with E-state index in [2.05, 4.69) is 10.3 Å². The van der Waals surface area contributed by atoms with Gasteiger partial charge in [0.25, 0.3) is 0 Å². The van der Waals surface area contributed by atoms with Gasteiger partial charge in [-0.05, 0) is 54.8 Å². The third-order valence-corrected chi connectivity index (χ3v) is 4.24. The lowest BCUT2D eigenvalue weighted by Crippen LogP contribution is -2.28. The normalized spacial score (nSPS) is 12.3. The Hall–Kier alpha value is -2.80. The average molecular weight is 376 g/mol. The molecule has 1 atom stereocenters. The highest BCUT2D eigenvalue weighted by molar-refractivity contribution is 5.91. The summed E-state index contributed by atoms with van der Waals surface area (Å²) in [6, 6.07) is 7.68. The van der Waals surface area contributed by atoms with Gasteiger partial charge in [-0.25, -0.2) is 13.2 Å². The summed E-state index contributed by atoms with van der Waals surface area (Å²) in [5, 5.41) is 12.3. The molecule has 0 bridgehead atoms. The number of aromatic amines is 1. The van der Waals surface area contributed by atoms with Gasteiger partial charge in [0.15, 0.2) is 0 Å². The second-order valence-electron chi connectivity index (χ2n) is 6.45. The minimum absolute atomic E-state index is 0.0258. The molecule has 0 aliphatic rings. The van der Waals surface area contributed by atoms with Gasteiger partial charge in [0.05, 0.1) is 18.0 Å². The Morgan fingerprint density at radius 3 is 2.52 bits per heavy atom. The summed E-state index contributed by atoms with van der Waals surface area (Å²) in [4.78, 5) is 14.7. The Balaban J connectivity index is 1.96. The van der Waals surface area contributed by atoms with Crippen LogP contribution in [0.1, 0.15) is 18.9 Å². The van der Waals surface area contributed by atoms with E-state index in [1.165, 1.54) is 25.1 Å². The van der Waals surface area contributed by atoms with Crippen LogP contribution in [0.25, 0.3) is 22.2 Å². The predicted octanol–water partition coefficient (Wildman–Crippen LogP) is 3.68. The van der Waals surface area contributed by atoms with Crippen LogP contribution < -0.4 is 5.32 Å². The molecule has 3 aromatic rings. The van der Waals surface area contributed by atoms with Crippen molar-refractivity contribution in [1.82, 2.24) is 10.3 Å². The lowest BCUT2D eigenvalue weighted by atomic mass is 10.0. The van der Waals surface area contributed by atoms with Crippen LogP contribution in [-0.4, -0.2) is 28.6 Å². The fraction of sp³-hybridized carbons (Fsp3) is 0.250. The molecule has 27 heavy (non-hydrogen) atoms. The molecule has 4 nitrogen and oxygen atoms in total. The SMILES string of the molecule is C[C@H](O)CC(=O)NCCc1c(-c2ccc(F)cc2)[nH]c2c(F)cc(F)cc12. The Bertz CT molecular complexity index is 966. The summed E-state index contributed by atoms with van der Waals surface area (Å²) in [6.07, 6.45) is -0.473. The third kappa shape index (κ3) is 4.31. The number of carbonyl (C=O) groups is 1. The molecule has 0 saturated heterocycles. The highest BCUT2D eigenvalue weighted by Crippen LogP contribution is 2.32. The molecular formula is C20H19F3N2O2. The van der Waals surface area contributed by atoms with Crippen molar-refractivity contribution in [2.24, 2.45) is 0 Å². The average Bonchev–Trinajstić information content (AvgIpc) is 2.94. The van der Waals surface area contributed by atoms with Crippen LogP contribution >= 0.6 is 0 Å². The number of aliphatic hydroxyl groups is 1. The number of benzene rings is 2. The maximum absolute atomic E-state index is 14.2. The van der Waals surface area contributed by atoms with Crippen molar-refractivity contribution in [2.45, 2.75) is 25.9 Å². The van der Waals surface area contributed by atoms with E-state index in [0.29, 0.717) is 28.6 Å². The van der Waals surface area contributed by atoms with Crippen molar-refractivity contribution >= 4 is 16.8 Å². The molecule has 0 saturated carbocycles. The van der Waals surface area contributed by atoms with E-state index in [0.717, 1.165) is 6.07 Å². The lowest BCUT2D eigenvalue weighted by Gasteiger charge is -2.08. The van der Waals surface area contributed by atoms with Crippen LogP contribution in [0.4, 0.5) is 13.2 Å². The number of aliphatic hydroxyl groups excluding tert-OH is 1. The second-order valence-corrected chi connectivity index (χ2v) is 6.45. The number of halogens is 3. The number of carbonyl (C=O) groups excluding carboxylic acids is 1. The molecule has 0 fully saturated rings. The van der Waals surface area contributed by atoms with E-state index in [1.807, 2.05) is 0 Å². The fourth-order valence-corrected chi connectivity index (χ4v) is 3.06. The van der Waals surface area contributed by atoms with Gasteiger partial charge in [0.1, 0.15) is 17.5 Å². The van der Waals surface area contributed by atoms with Crippen LogP contribution in [0, 0.1) is 17.5 Å². The minimum Gasteiger partial charge on any atom is -0.393 e. The standard InChI is InChI=1S/C20H19F3N2O2/c1-11(26)8-18(27)24-7-6-15-16-9-14(22)10-17(23)20(16)25-19(15)12-2-4-13(21)5-3-12/h2-5,9-11,25-26H,6-8H2,1H3,(H,24,27)/t11-/m0/s1. The Kier molecular flexibility index (Phi) is 5.51. The van der Waals surface area contributed by atoms with Crippen molar-refractivity contribution in [1.29, 1.82) is 0 Å². The molecule has 0 radical (unpaired) electrons. The highest BCUT2D eigenvalue weighted by Gasteiger charge is 2.17. The van der Waals surface area contributed by atoms with Crippen LogP contribution in [0.5, 0.6) is 0 Å². The zero-order valence-electron chi connectivity index (χ0n) is 14.7. The van der Waals surface area contributed by atoms with Crippen molar-refractivity contribution in [3.05, 3.63) is 59.4 Å². The number of rotatable bonds is 6. The quantitative estimate of drug-likeness (QED) is 0.614. The fourth-order valence-electron chi connectivity index (χ4n) is 3.06.